The number of sulfonamides is 1. The van der Waals surface area contributed by atoms with Gasteiger partial charge in [0.1, 0.15) is 22.6 Å². The summed E-state index contributed by atoms with van der Waals surface area (Å²) in [7, 11) is -4.83. The third-order valence-electron chi connectivity index (χ3n) is 5.23. The van der Waals surface area contributed by atoms with Crippen molar-refractivity contribution >= 4 is 27.5 Å². The molecule has 0 fully saturated rings. The number of nitrogens with two attached hydrogens (primary N) is 1. The summed E-state index contributed by atoms with van der Waals surface area (Å²) in [6.45, 7) is 4.85. The van der Waals surface area contributed by atoms with Gasteiger partial charge in [-0.15, -0.1) is 5.10 Å². The average molecular weight is 501 g/mol. The van der Waals surface area contributed by atoms with Crippen molar-refractivity contribution in [2.75, 3.05) is 0 Å². The van der Waals surface area contributed by atoms with Gasteiger partial charge < -0.3 is 10.2 Å². The predicted octanol–water partition coefficient (Wildman–Crippen LogP) is 2.83. The number of halogens is 3. The van der Waals surface area contributed by atoms with E-state index in [1.807, 2.05) is 5.10 Å². The van der Waals surface area contributed by atoms with E-state index in [2.05, 4.69) is 9.82 Å². The molecule has 0 radical (unpaired) electrons. The number of nitrogens with one attached hydrogen (secondary N) is 2. The van der Waals surface area contributed by atoms with Gasteiger partial charge in [-0.2, -0.15) is 4.72 Å². The van der Waals surface area contributed by atoms with Crippen molar-refractivity contribution in [3.63, 3.8) is 0 Å². The molecule has 3 rings (SSSR count). The Morgan fingerprint density at radius 3 is 2.48 bits per heavy atom. The van der Waals surface area contributed by atoms with Gasteiger partial charge in [0.2, 0.25) is 21.8 Å². The van der Waals surface area contributed by atoms with E-state index in [1.165, 1.54) is 13.0 Å². The van der Waals surface area contributed by atoms with Crippen LogP contribution < -0.4 is 16.2 Å². The van der Waals surface area contributed by atoms with Crippen LogP contribution >= 0.6 is 11.6 Å². The van der Waals surface area contributed by atoms with Crippen LogP contribution in [0, 0.1) is 25.5 Å². The van der Waals surface area contributed by atoms with Crippen molar-refractivity contribution in [2.45, 2.75) is 37.6 Å². The number of nitrogens with zero attached hydrogens (tertiary/aromatic N) is 1. The SMILES string of the molecule is Cc1ccc(F)c(C(C)C(NS(=O)(=O)c2c(F)cc(Cl)cc2C(N)=O)c2n[nH]c(=O)o2)c1C. The first-order valence-electron chi connectivity index (χ1n) is 9.45. The zero-order valence-corrected chi connectivity index (χ0v) is 19.1. The molecule has 0 bridgehead atoms. The largest absolute Gasteiger partial charge is 0.434 e. The number of amides is 1. The topological polar surface area (TPSA) is 148 Å². The van der Waals surface area contributed by atoms with Crippen LogP contribution in [0.2, 0.25) is 5.02 Å². The fourth-order valence-corrected chi connectivity index (χ4v) is 5.24. The molecule has 2 unspecified atom stereocenters. The first-order chi connectivity index (χ1) is 15.3. The molecular formula is C20H19ClF2N4O5S. The maximum Gasteiger partial charge on any atom is 0.434 e. The van der Waals surface area contributed by atoms with Gasteiger partial charge in [0.25, 0.3) is 0 Å². The number of aryl methyl sites for hydroxylation is 1. The van der Waals surface area contributed by atoms with E-state index >= 15 is 0 Å². The summed E-state index contributed by atoms with van der Waals surface area (Å²) in [5.41, 5.74) is 5.90. The predicted molar refractivity (Wildman–Crippen MR) is 114 cm³/mol. The molecule has 2 aromatic carbocycles. The Kier molecular flexibility index (Phi) is 6.73. The van der Waals surface area contributed by atoms with Crippen LogP contribution in [0.15, 0.2) is 38.4 Å². The first-order valence-corrected chi connectivity index (χ1v) is 11.3. The molecule has 0 saturated carbocycles. The Morgan fingerprint density at radius 2 is 1.91 bits per heavy atom. The molecular weight excluding hydrogens is 482 g/mol. The van der Waals surface area contributed by atoms with Crippen LogP contribution in [-0.4, -0.2) is 24.5 Å². The highest BCUT2D eigenvalue weighted by Gasteiger charge is 2.36. The summed E-state index contributed by atoms with van der Waals surface area (Å²) >= 11 is 5.73. The Bertz CT molecular complexity index is 1400. The monoisotopic (exact) mass is 500 g/mol. The second-order valence-electron chi connectivity index (χ2n) is 7.37. The molecule has 1 heterocycles. The lowest BCUT2D eigenvalue weighted by molar-refractivity contribution is 0.0996. The smallest absolute Gasteiger partial charge is 0.391 e. The molecule has 176 valence electrons. The molecule has 2 atom stereocenters. The number of H-pyrrole nitrogens is 1. The van der Waals surface area contributed by atoms with Crippen LogP contribution in [0.25, 0.3) is 0 Å². The number of hydrogen-bond acceptors (Lipinski definition) is 6. The number of carbonyl (C=O) groups is 1. The Balaban J connectivity index is 2.19. The van der Waals surface area contributed by atoms with E-state index in [0.29, 0.717) is 11.6 Å². The minimum atomic E-state index is -4.83. The molecule has 1 aromatic heterocycles. The van der Waals surface area contributed by atoms with Gasteiger partial charge in [-0.3, -0.25) is 4.79 Å². The number of hydrogen-bond donors (Lipinski definition) is 3. The maximum absolute atomic E-state index is 14.8. The second-order valence-corrected chi connectivity index (χ2v) is 9.46. The molecule has 4 N–H and O–H groups in total. The van der Waals surface area contributed by atoms with Crippen LogP contribution in [0.3, 0.4) is 0 Å². The molecule has 0 saturated heterocycles. The number of aromatic nitrogens is 2. The minimum absolute atomic E-state index is 0.125. The second kappa shape index (κ2) is 9.04. The van der Waals surface area contributed by atoms with E-state index in [1.54, 1.807) is 19.9 Å². The highest BCUT2D eigenvalue weighted by Crippen LogP contribution is 2.36. The highest BCUT2D eigenvalue weighted by molar-refractivity contribution is 7.89. The van der Waals surface area contributed by atoms with Crippen LogP contribution in [0.5, 0.6) is 0 Å². The molecule has 0 spiro atoms. The Morgan fingerprint density at radius 1 is 1.24 bits per heavy atom. The molecule has 3 aromatic rings. The quantitative estimate of drug-likeness (QED) is 0.454. The van der Waals surface area contributed by atoms with E-state index in [9.17, 15) is 26.8 Å². The minimum Gasteiger partial charge on any atom is -0.391 e. The van der Waals surface area contributed by atoms with Gasteiger partial charge in [0, 0.05) is 10.9 Å². The number of aromatic amines is 1. The van der Waals surface area contributed by atoms with Crippen molar-refractivity contribution in [3.05, 3.63) is 79.6 Å². The number of carbonyl (C=O) groups excluding carboxylic acids is 1. The van der Waals surface area contributed by atoms with Gasteiger partial charge in [-0.1, -0.05) is 24.6 Å². The Hall–Kier alpha value is -3.09. The van der Waals surface area contributed by atoms with Crippen molar-refractivity contribution in [1.29, 1.82) is 0 Å². The van der Waals surface area contributed by atoms with Crippen molar-refractivity contribution in [3.8, 4) is 0 Å². The number of primary amides is 1. The zero-order chi connectivity index (χ0) is 24.7. The lowest BCUT2D eigenvalue weighted by Crippen LogP contribution is -2.34. The summed E-state index contributed by atoms with van der Waals surface area (Å²) in [6.07, 6.45) is 0. The van der Waals surface area contributed by atoms with Gasteiger partial charge in [0.15, 0.2) is 0 Å². The highest BCUT2D eigenvalue weighted by atomic mass is 35.5. The summed E-state index contributed by atoms with van der Waals surface area (Å²) in [4.78, 5) is 22.3. The maximum atomic E-state index is 14.8. The zero-order valence-electron chi connectivity index (χ0n) is 17.6. The van der Waals surface area contributed by atoms with Gasteiger partial charge in [-0.25, -0.2) is 27.1 Å². The summed E-state index contributed by atoms with van der Waals surface area (Å²) in [5, 5.41) is 5.41. The summed E-state index contributed by atoms with van der Waals surface area (Å²) in [6, 6.07) is 2.89. The van der Waals surface area contributed by atoms with Gasteiger partial charge >= 0.3 is 5.76 Å². The molecule has 1 amide bonds. The fraction of sp³-hybridized carbons (Fsp3) is 0.250. The van der Waals surface area contributed by atoms with E-state index in [0.717, 1.165) is 11.6 Å². The lowest BCUT2D eigenvalue weighted by atomic mass is 9.88. The Labute approximate surface area is 192 Å². The van der Waals surface area contributed by atoms with Crippen molar-refractivity contribution in [2.24, 2.45) is 5.73 Å². The average Bonchev–Trinajstić information content (AvgIpc) is 3.14. The number of rotatable bonds is 7. The fourth-order valence-electron chi connectivity index (χ4n) is 3.51. The normalized spacial score (nSPS) is 13.6. The molecule has 9 nitrogen and oxygen atoms in total. The third kappa shape index (κ3) is 4.82. The van der Waals surface area contributed by atoms with Crippen molar-refractivity contribution in [1.82, 2.24) is 14.9 Å². The van der Waals surface area contributed by atoms with Crippen molar-refractivity contribution < 1.29 is 26.4 Å². The standard InChI is InChI=1S/C20H19ClF2N4O5S/c1-8-4-5-13(22)15(9(8)2)10(3)16(19-25-26-20(29)32-19)27-33(30,31)17-12(18(24)28)6-11(21)7-14(17)23/h4-7,10,16,27H,1-3H3,(H2,24,28)(H,26,29). The lowest BCUT2D eigenvalue weighted by Gasteiger charge is -2.25. The van der Waals surface area contributed by atoms with Gasteiger partial charge in [0.05, 0.1) is 5.56 Å². The van der Waals surface area contributed by atoms with E-state index < -0.39 is 61.6 Å². The van der Waals surface area contributed by atoms with E-state index in [-0.39, 0.29) is 10.6 Å². The molecule has 33 heavy (non-hydrogen) atoms. The third-order valence-corrected chi connectivity index (χ3v) is 6.97. The first kappa shape index (κ1) is 24.6. The van der Waals surface area contributed by atoms with Gasteiger partial charge in [-0.05, 0) is 48.7 Å². The number of benzene rings is 2. The summed E-state index contributed by atoms with van der Waals surface area (Å²) < 4.78 is 62.9. The molecule has 0 aliphatic heterocycles. The summed E-state index contributed by atoms with van der Waals surface area (Å²) in [5.74, 6) is -5.61. The van der Waals surface area contributed by atoms with Crippen LogP contribution in [0.4, 0.5) is 8.78 Å². The molecule has 0 aliphatic carbocycles. The van der Waals surface area contributed by atoms with E-state index in [4.69, 9.17) is 21.8 Å². The van der Waals surface area contributed by atoms with Crippen LogP contribution in [0.1, 0.15) is 51.8 Å². The van der Waals surface area contributed by atoms with Crippen LogP contribution in [-0.2, 0) is 10.0 Å². The molecule has 0 aliphatic rings. The molecule has 13 heteroatoms.